The third-order valence-corrected chi connectivity index (χ3v) is 4.94. The number of amides is 1. The van der Waals surface area contributed by atoms with Gasteiger partial charge in [0.2, 0.25) is 0 Å². The molecule has 0 aliphatic carbocycles. The van der Waals surface area contributed by atoms with Crippen LogP contribution in [0.1, 0.15) is 27.5 Å². The van der Waals surface area contributed by atoms with Crippen molar-refractivity contribution in [2.24, 2.45) is 0 Å². The van der Waals surface area contributed by atoms with Crippen molar-refractivity contribution in [1.82, 2.24) is 10.3 Å². The minimum atomic E-state index is -0.534. The lowest BCUT2D eigenvalue weighted by atomic mass is 10.1. The van der Waals surface area contributed by atoms with Gasteiger partial charge in [-0.3, -0.25) is 14.9 Å². The van der Waals surface area contributed by atoms with E-state index in [1.807, 2.05) is 18.4 Å². The van der Waals surface area contributed by atoms with Gasteiger partial charge in [-0.1, -0.05) is 18.2 Å². The van der Waals surface area contributed by atoms with E-state index < -0.39 is 10.8 Å². The number of aromatic nitrogens is 1. The third-order valence-electron chi connectivity index (χ3n) is 3.91. The van der Waals surface area contributed by atoms with Crippen molar-refractivity contribution >= 4 is 22.9 Å². The molecule has 1 amide bonds. The highest BCUT2D eigenvalue weighted by atomic mass is 32.1. The Morgan fingerprint density at radius 2 is 2.04 bits per heavy atom. The van der Waals surface area contributed by atoms with Crippen LogP contribution in [-0.4, -0.2) is 22.4 Å². The van der Waals surface area contributed by atoms with E-state index in [1.54, 1.807) is 35.6 Å². The molecule has 7 nitrogen and oxygen atoms in total. The molecule has 1 N–H and O–H groups in total. The SMILES string of the molecule is Cc1csc(CCCNC(=O)c2cc([N+](=O)[O-])ccc2Oc2ccccc2)n1. The fourth-order valence-electron chi connectivity index (χ4n) is 2.57. The summed E-state index contributed by atoms with van der Waals surface area (Å²) < 4.78 is 5.75. The zero-order valence-corrected chi connectivity index (χ0v) is 16.1. The molecule has 1 aromatic heterocycles. The molecule has 0 fully saturated rings. The van der Waals surface area contributed by atoms with Crippen LogP contribution in [0.3, 0.4) is 0 Å². The van der Waals surface area contributed by atoms with Crippen molar-refractivity contribution in [3.05, 3.63) is 80.3 Å². The maximum Gasteiger partial charge on any atom is 0.270 e. The van der Waals surface area contributed by atoms with Gasteiger partial charge in [-0.05, 0) is 31.5 Å². The number of rotatable bonds is 8. The molecule has 0 aliphatic rings. The molecule has 28 heavy (non-hydrogen) atoms. The lowest BCUT2D eigenvalue weighted by Gasteiger charge is -2.11. The van der Waals surface area contributed by atoms with Crippen molar-refractivity contribution < 1.29 is 14.5 Å². The molecule has 0 radical (unpaired) electrons. The van der Waals surface area contributed by atoms with Crippen molar-refractivity contribution in [2.75, 3.05) is 6.54 Å². The summed E-state index contributed by atoms with van der Waals surface area (Å²) in [5.74, 6) is 0.402. The van der Waals surface area contributed by atoms with Crippen molar-refractivity contribution in [3.63, 3.8) is 0 Å². The predicted molar refractivity (Wildman–Crippen MR) is 107 cm³/mol. The van der Waals surface area contributed by atoms with Gasteiger partial charge in [0.1, 0.15) is 11.5 Å². The minimum Gasteiger partial charge on any atom is -0.457 e. The van der Waals surface area contributed by atoms with E-state index in [0.717, 1.165) is 23.5 Å². The maximum absolute atomic E-state index is 12.6. The largest absolute Gasteiger partial charge is 0.457 e. The Morgan fingerprint density at radius 1 is 1.25 bits per heavy atom. The highest BCUT2D eigenvalue weighted by Gasteiger charge is 2.18. The zero-order valence-electron chi connectivity index (χ0n) is 15.3. The molecule has 2 aromatic carbocycles. The summed E-state index contributed by atoms with van der Waals surface area (Å²) >= 11 is 1.59. The van der Waals surface area contributed by atoms with E-state index in [4.69, 9.17) is 4.74 Å². The number of carbonyl (C=O) groups is 1. The second-order valence-corrected chi connectivity index (χ2v) is 7.04. The molecule has 1 heterocycles. The smallest absolute Gasteiger partial charge is 0.270 e. The highest BCUT2D eigenvalue weighted by Crippen LogP contribution is 2.28. The Bertz CT molecular complexity index is 973. The van der Waals surface area contributed by atoms with Gasteiger partial charge in [0.25, 0.3) is 11.6 Å². The van der Waals surface area contributed by atoms with E-state index in [1.165, 1.54) is 18.2 Å². The van der Waals surface area contributed by atoms with Crippen LogP contribution in [0.5, 0.6) is 11.5 Å². The number of hydrogen-bond acceptors (Lipinski definition) is 6. The van der Waals surface area contributed by atoms with E-state index >= 15 is 0 Å². The fourth-order valence-corrected chi connectivity index (χ4v) is 3.39. The Kier molecular flexibility index (Phi) is 6.33. The Labute approximate surface area is 166 Å². The molecule has 0 saturated carbocycles. The summed E-state index contributed by atoms with van der Waals surface area (Å²) in [5.41, 5.74) is 0.954. The molecule has 8 heteroatoms. The number of nitrogens with zero attached hydrogens (tertiary/aromatic N) is 2. The first-order valence-corrected chi connectivity index (χ1v) is 9.61. The van der Waals surface area contributed by atoms with Crippen molar-refractivity contribution in [1.29, 1.82) is 0 Å². The van der Waals surface area contributed by atoms with E-state index in [0.29, 0.717) is 12.3 Å². The van der Waals surface area contributed by atoms with Gasteiger partial charge in [0.05, 0.1) is 15.5 Å². The number of nitro benzene ring substituents is 1. The number of aryl methyl sites for hydroxylation is 2. The monoisotopic (exact) mass is 397 g/mol. The number of nitrogens with one attached hydrogen (secondary N) is 1. The van der Waals surface area contributed by atoms with Crippen molar-refractivity contribution in [3.8, 4) is 11.5 Å². The first-order valence-electron chi connectivity index (χ1n) is 8.73. The number of non-ortho nitro benzene ring substituents is 1. The van der Waals surface area contributed by atoms with Crippen LogP contribution in [0.25, 0.3) is 0 Å². The van der Waals surface area contributed by atoms with E-state index in [9.17, 15) is 14.9 Å². The second kappa shape index (κ2) is 9.09. The molecule has 0 saturated heterocycles. The van der Waals surface area contributed by atoms with Crippen LogP contribution >= 0.6 is 11.3 Å². The number of carbonyl (C=O) groups excluding carboxylic acids is 1. The molecule has 144 valence electrons. The Hall–Kier alpha value is -3.26. The normalized spacial score (nSPS) is 10.5. The molecule has 3 aromatic rings. The lowest BCUT2D eigenvalue weighted by molar-refractivity contribution is -0.384. The zero-order chi connectivity index (χ0) is 19.9. The van der Waals surface area contributed by atoms with Crippen LogP contribution in [0.15, 0.2) is 53.9 Å². The summed E-state index contributed by atoms with van der Waals surface area (Å²) in [4.78, 5) is 27.6. The van der Waals surface area contributed by atoms with Crippen LogP contribution in [0.2, 0.25) is 0 Å². The first kappa shape index (κ1) is 19.5. The first-order chi connectivity index (χ1) is 13.5. The predicted octanol–water partition coefficient (Wildman–Crippen LogP) is 4.51. The fraction of sp³-hybridized carbons (Fsp3) is 0.200. The number of thiazole rings is 1. The Morgan fingerprint density at radius 3 is 2.71 bits per heavy atom. The minimum absolute atomic E-state index is 0.128. The van der Waals surface area contributed by atoms with Gasteiger partial charge in [-0.15, -0.1) is 11.3 Å². The highest BCUT2D eigenvalue weighted by molar-refractivity contribution is 7.09. The average Bonchev–Trinajstić information content (AvgIpc) is 3.11. The molecule has 0 atom stereocenters. The maximum atomic E-state index is 12.6. The second-order valence-electron chi connectivity index (χ2n) is 6.09. The van der Waals surface area contributed by atoms with Crippen LogP contribution < -0.4 is 10.1 Å². The molecular formula is C20H19N3O4S. The van der Waals surface area contributed by atoms with E-state index in [-0.39, 0.29) is 17.0 Å². The lowest BCUT2D eigenvalue weighted by Crippen LogP contribution is -2.25. The Balaban J connectivity index is 1.69. The summed E-state index contributed by atoms with van der Waals surface area (Å²) in [6.07, 6.45) is 1.49. The molecule has 0 bridgehead atoms. The quantitative estimate of drug-likeness (QED) is 0.343. The van der Waals surface area contributed by atoms with Gasteiger partial charge in [0, 0.05) is 36.2 Å². The molecule has 0 unspecified atom stereocenters. The average molecular weight is 397 g/mol. The van der Waals surface area contributed by atoms with Gasteiger partial charge in [-0.25, -0.2) is 4.98 Å². The number of ether oxygens (including phenoxy) is 1. The van der Waals surface area contributed by atoms with Crippen molar-refractivity contribution in [2.45, 2.75) is 19.8 Å². The van der Waals surface area contributed by atoms with E-state index in [2.05, 4.69) is 10.3 Å². The topological polar surface area (TPSA) is 94.4 Å². The summed E-state index contributed by atoms with van der Waals surface area (Å²) in [6, 6.07) is 13.0. The number of hydrogen-bond donors (Lipinski definition) is 1. The van der Waals surface area contributed by atoms with Gasteiger partial charge in [0.15, 0.2) is 0 Å². The van der Waals surface area contributed by atoms with Gasteiger partial charge < -0.3 is 10.1 Å². The number of benzene rings is 2. The third kappa shape index (κ3) is 5.14. The van der Waals surface area contributed by atoms with Gasteiger partial charge >= 0.3 is 0 Å². The molecule has 3 rings (SSSR count). The van der Waals surface area contributed by atoms with Crippen LogP contribution in [0.4, 0.5) is 5.69 Å². The molecule has 0 spiro atoms. The van der Waals surface area contributed by atoms with Crippen LogP contribution in [0, 0.1) is 17.0 Å². The number of nitro groups is 1. The summed E-state index contributed by atoms with van der Waals surface area (Å²) in [5, 5.41) is 16.9. The number of para-hydroxylation sites is 1. The molecule has 0 aliphatic heterocycles. The van der Waals surface area contributed by atoms with Crippen LogP contribution in [-0.2, 0) is 6.42 Å². The molecular weight excluding hydrogens is 378 g/mol. The summed E-state index contributed by atoms with van der Waals surface area (Å²) in [7, 11) is 0. The standard InChI is InChI=1S/C20H19N3O4S/c1-14-13-28-19(22-14)8-5-11-21-20(24)17-12-15(23(25)26)9-10-18(17)27-16-6-3-2-4-7-16/h2-4,6-7,9-10,12-13H,5,8,11H2,1H3,(H,21,24). The summed E-state index contributed by atoms with van der Waals surface area (Å²) in [6.45, 7) is 2.38. The van der Waals surface area contributed by atoms with Gasteiger partial charge in [-0.2, -0.15) is 0 Å².